The molecule has 1 aliphatic rings. The Morgan fingerprint density at radius 1 is 0.968 bits per heavy atom. The van der Waals surface area contributed by atoms with Crippen molar-refractivity contribution in [1.29, 1.82) is 0 Å². The first kappa shape index (κ1) is 21.1. The molecule has 1 fully saturated rings. The van der Waals surface area contributed by atoms with Crippen molar-refractivity contribution >= 4 is 6.08 Å². The number of pyridine rings is 1. The molecule has 4 heteroatoms. The number of rotatable bonds is 8. The lowest BCUT2D eigenvalue weighted by Crippen LogP contribution is -2.32. The summed E-state index contributed by atoms with van der Waals surface area (Å²) >= 11 is 0. The summed E-state index contributed by atoms with van der Waals surface area (Å²) in [4.78, 5) is 6.80. The van der Waals surface area contributed by atoms with Crippen LogP contribution in [0.25, 0.3) is 6.08 Å². The van der Waals surface area contributed by atoms with E-state index in [4.69, 9.17) is 9.47 Å². The van der Waals surface area contributed by atoms with E-state index in [-0.39, 0.29) is 0 Å². The van der Waals surface area contributed by atoms with Gasteiger partial charge in [-0.05, 0) is 49.5 Å². The monoisotopic (exact) mass is 414 g/mol. The SMILES string of the molecule is COc1ncccc1CN1CCC(/C=C/c2ccccc2OCc2ccccc2)CC1. The van der Waals surface area contributed by atoms with Gasteiger partial charge in [0.2, 0.25) is 5.88 Å². The molecule has 0 spiro atoms. The van der Waals surface area contributed by atoms with Crippen molar-refractivity contribution in [1.82, 2.24) is 9.88 Å². The second-order valence-electron chi connectivity index (χ2n) is 7.96. The maximum atomic E-state index is 6.09. The highest BCUT2D eigenvalue weighted by Crippen LogP contribution is 2.26. The van der Waals surface area contributed by atoms with E-state index in [2.05, 4.69) is 52.4 Å². The summed E-state index contributed by atoms with van der Waals surface area (Å²) in [7, 11) is 1.68. The van der Waals surface area contributed by atoms with Gasteiger partial charge in [-0.3, -0.25) is 4.90 Å². The van der Waals surface area contributed by atoms with Crippen molar-refractivity contribution in [3.63, 3.8) is 0 Å². The van der Waals surface area contributed by atoms with E-state index in [1.165, 1.54) is 5.56 Å². The third kappa shape index (κ3) is 5.96. The fraction of sp³-hybridized carbons (Fsp3) is 0.296. The number of allylic oxidation sites excluding steroid dienone is 1. The van der Waals surface area contributed by atoms with Crippen LogP contribution >= 0.6 is 0 Å². The largest absolute Gasteiger partial charge is 0.488 e. The van der Waals surface area contributed by atoms with Crippen LogP contribution in [-0.4, -0.2) is 30.1 Å². The molecule has 0 N–H and O–H groups in total. The first-order valence-electron chi connectivity index (χ1n) is 11.0. The number of methoxy groups -OCH3 is 1. The summed E-state index contributed by atoms with van der Waals surface area (Å²) in [6.07, 6.45) is 8.68. The highest BCUT2D eigenvalue weighted by atomic mass is 16.5. The predicted octanol–water partition coefficient (Wildman–Crippen LogP) is 5.59. The van der Waals surface area contributed by atoms with E-state index in [0.29, 0.717) is 12.5 Å². The Balaban J connectivity index is 1.31. The minimum absolute atomic E-state index is 0.585. The van der Waals surface area contributed by atoms with Gasteiger partial charge in [-0.1, -0.05) is 66.7 Å². The van der Waals surface area contributed by atoms with Crippen molar-refractivity contribution in [3.8, 4) is 11.6 Å². The number of ether oxygens (including phenoxy) is 2. The van der Waals surface area contributed by atoms with Crippen LogP contribution in [0.15, 0.2) is 79.0 Å². The van der Waals surface area contributed by atoms with Crippen LogP contribution in [0.2, 0.25) is 0 Å². The molecular formula is C27H30N2O2. The Labute approximate surface area is 185 Å². The van der Waals surface area contributed by atoms with Gasteiger partial charge in [-0.25, -0.2) is 4.98 Å². The molecule has 4 nitrogen and oxygen atoms in total. The smallest absolute Gasteiger partial charge is 0.217 e. The minimum Gasteiger partial charge on any atom is -0.488 e. The summed E-state index contributed by atoms with van der Waals surface area (Å²) in [6.45, 7) is 3.64. The number of hydrogen-bond acceptors (Lipinski definition) is 4. The van der Waals surface area contributed by atoms with Crippen molar-refractivity contribution in [2.24, 2.45) is 5.92 Å². The number of aromatic nitrogens is 1. The van der Waals surface area contributed by atoms with E-state index >= 15 is 0 Å². The summed E-state index contributed by atoms with van der Waals surface area (Å²) in [5.74, 6) is 2.26. The van der Waals surface area contributed by atoms with Crippen molar-refractivity contribution < 1.29 is 9.47 Å². The van der Waals surface area contributed by atoms with Gasteiger partial charge in [0, 0.05) is 23.9 Å². The average molecular weight is 415 g/mol. The fourth-order valence-corrected chi connectivity index (χ4v) is 4.00. The van der Waals surface area contributed by atoms with Gasteiger partial charge < -0.3 is 9.47 Å². The van der Waals surface area contributed by atoms with E-state index in [1.807, 2.05) is 36.4 Å². The molecule has 1 aromatic heterocycles. The summed E-state index contributed by atoms with van der Waals surface area (Å²) in [5.41, 5.74) is 3.48. The molecule has 0 amide bonds. The normalized spacial score (nSPS) is 15.3. The van der Waals surface area contributed by atoms with Crippen molar-refractivity contribution in [2.45, 2.75) is 26.0 Å². The van der Waals surface area contributed by atoms with Crippen molar-refractivity contribution in [2.75, 3.05) is 20.2 Å². The van der Waals surface area contributed by atoms with Crippen LogP contribution in [0.1, 0.15) is 29.5 Å². The number of likely N-dealkylation sites (tertiary alicyclic amines) is 1. The number of piperidine rings is 1. The molecule has 0 aliphatic carbocycles. The average Bonchev–Trinajstić information content (AvgIpc) is 2.84. The first-order valence-corrected chi connectivity index (χ1v) is 11.0. The molecule has 1 aliphatic heterocycles. The number of benzene rings is 2. The second kappa shape index (κ2) is 10.8. The molecule has 2 aromatic carbocycles. The van der Waals surface area contributed by atoms with Gasteiger partial charge in [0.15, 0.2) is 0 Å². The van der Waals surface area contributed by atoms with Gasteiger partial charge in [0.1, 0.15) is 12.4 Å². The molecule has 31 heavy (non-hydrogen) atoms. The Morgan fingerprint density at radius 3 is 2.55 bits per heavy atom. The predicted molar refractivity (Wildman–Crippen MR) is 125 cm³/mol. The lowest BCUT2D eigenvalue weighted by atomic mass is 9.95. The van der Waals surface area contributed by atoms with Crippen LogP contribution in [-0.2, 0) is 13.2 Å². The lowest BCUT2D eigenvalue weighted by molar-refractivity contribution is 0.193. The minimum atomic E-state index is 0.585. The Bertz CT molecular complexity index is 979. The molecular weight excluding hydrogens is 384 g/mol. The Hall–Kier alpha value is -3.11. The van der Waals surface area contributed by atoms with Gasteiger partial charge in [-0.2, -0.15) is 0 Å². The van der Waals surface area contributed by atoms with Gasteiger partial charge in [0.25, 0.3) is 0 Å². The van der Waals surface area contributed by atoms with Crippen LogP contribution in [0.5, 0.6) is 11.6 Å². The van der Waals surface area contributed by atoms with E-state index in [0.717, 1.165) is 55.2 Å². The quantitative estimate of drug-likeness (QED) is 0.481. The topological polar surface area (TPSA) is 34.6 Å². The zero-order chi connectivity index (χ0) is 21.3. The fourth-order valence-electron chi connectivity index (χ4n) is 4.00. The molecule has 0 bridgehead atoms. The number of para-hydroxylation sites is 1. The molecule has 0 radical (unpaired) electrons. The standard InChI is InChI=1S/C27H30N2O2/c1-30-27-25(11-7-17-28-27)20-29-18-15-22(16-19-29)13-14-24-10-5-6-12-26(24)31-21-23-8-3-2-4-9-23/h2-14,17,22H,15-16,18-21H2,1H3/b14-13+. The molecule has 160 valence electrons. The molecule has 0 atom stereocenters. The second-order valence-corrected chi connectivity index (χ2v) is 7.96. The van der Waals surface area contributed by atoms with Gasteiger partial charge >= 0.3 is 0 Å². The van der Waals surface area contributed by atoms with E-state index < -0.39 is 0 Å². The first-order chi connectivity index (χ1) is 15.3. The summed E-state index contributed by atoms with van der Waals surface area (Å²) in [6, 6.07) is 22.6. The molecule has 3 aromatic rings. The van der Waals surface area contributed by atoms with Crippen LogP contribution in [0.4, 0.5) is 0 Å². The van der Waals surface area contributed by atoms with Crippen LogP contribution in [0, 0.1) is 5.92 Å². The molecule has 2 heterocycles. The summed E-state index contributed by atoms with van der Waals surface area (Å²) < 4.78 is 11.5. The third-order valence-corrected chi connectivity index (χ3v) is 5.77. The summed E-state index contributed by atoms with van der Waals surface area (Å²) in [5, 5.41) is 0. The van der Waals surface area contributed by atoms with Crippen LogP contribution in [0.3, 0.4) is 0 Å². The van der Waals surface area contributed by atoms with E-state index in [9.17, 15) is 0 Å². The highest BCUT2D eigenvalue weighted by molar-refractivity contribution is 5.57. The van der Waals surface area contributed by atoms with E-state index in [1.54, 1.807) is 13.3 Å². The zero-order valence-electron chi connectivity index (χ0n) is 18.1. The third-order valence-electron chi connectivity index (χ3n) is 5.77. The maximum Gasteiger partial charge on any atom is 0.217 e. The molecule has 0 unspecified atom stereocenters. The maximum absolute atomic E-state index is 6.09. The van der Waals surface area contributed by atoms with Crippen LogP contribution < -0.4 is 9.47 Å². The highest BCUT2D eigenvalue weighted by Gasteiger charge is 2.18. The molecule has 0 saturated carbocycles. The number of hydrogen-bond donors (Lipinski definition) is 0. The van der Waals surface area contributed by atoms with Crippen molar-refractivity contribution in [3.05, 3.63) is 95.7 Å². The van der Waals surface area contributed by atoms with Gasteiger partial charge in [-0.15, -0.1) is 0 Å². The Kier molecular flexibility index (Phi) is 7.35. The molecule has 4 rings (SSSR count). The zero-order valence-corrected chi connectivity index (χ0v) is 18.1. The number of nitrogens with zero attached hydrogens (tertiary/aromatic N) is 2. The van der Waals surface area contributed by atoms with Gasteiger partial charge in [0.05, 0.1) is 7.11 Å². The lowest BCUT2D eigenvalue weighted by Gasteiger charge is -2.30. The molecule has 1 saturated heterocycles. The Morgan fingerprint density at radius 2 is 1.74 bits per heavy atom.